The van der Waals surface area contributed by atoms with E-state index in [1.165, 1.54) is 0 Å². The van der Waals surface area contributed by atoms with E-state index >= 15 is 0 Å². The Hall–Kier alpha value is -1.55. The minimum absolute atomic E-state index is 0.140. The van der Waals surface area contributed by atoms with Crippen molar-refractivity contribution in [2.24, 2.45) is 0 Å². The lowest BCUT2D eigenvalue weighted by atomic mass is 9.85. The van der Waals surface area contributed by atoms with Crippen LogP contribution >= 0.6 is 0 Å². The molecule has 4 heteroatoms. The molecule has 1 aromatic rings. The standard InChI is InChI=1S/C12H13NO3/c1-15-8-2-3-11-9(4-8)10(14)5-12(16-11)6-13-7-12/h2-4,13H,5-7H2,1H3. The largest absolute Gasteiger partial charge is 0.497 e. The van der Waals surface area contributed by atoms with E-state index in [-0.39, 0.29) is 11.4 Å². The van der Waals surface area contributed by atoms with Crippen molar-refractivity contribution < 1.29 is 14.3 Å². The summed E-state index contributed by atoms with van der Waals surface area (Å²) < 4.78 is 11.0. The van der Waals surface area contributed by atoms with Gasteiger partial charge < -0.3 is 14.8 Å². The quantitative estimate of drug-likeness (QED) is 0.765. The van der Waals surface area contributed by atoms with Crippen molar-refractivity contribution in [2.75, 3.05) is 20.2 Å². The Bertz CT molecular complexity index is 452. The third kappa shape index (κ3) is 1.30. The van der Waals surface area contributed by atoms with Gasteiger partial charge >= 0.3 is 0 Å². The number of rotatable bonds is 1. The zero-order valence-electron chi connectivity index (χ0n) is 9.08. The Balaban J connectivity index is 2.00. The number of carbonyl (C=O) groups is 1. The van der Waals surface area contributed by atoms with E-state index in [0.29, 0.717) is 23.5 Å². The fourth-order valence-corrected chi connectivity index (χ4v) is 2.20. The van der Waals surface area contributed by atoms with Crippen LogP contribution in [0.15, 0.2) is 18.2 Å². The monoisotopic (exact) mass is 219 g/mol. The lowest BCUT2D eigenvalue weighted by Crippen LogP contribution is -2.65. The molecule has 84 valence electrons. The van der Waals surface area contributed by atoms with Crippen LogP contribution in [0, 0.1) is 0 Å². The Morgan fingerprint density at radius 3 is 2.88 bits per heavy atom. The van der Waals surface area contributed by atoms with Crippen LogP contribution in [-0.4, -0.2) is 31.6 Å². The summed E-state index contributed by atoms with van der Waals surface area (Å²) >= 11 is 0. The van der Waals surface area contributed by atoms with Crippen molar-refractivity contribution in [2.45, 2.75) is 12.0 Å². The predicted octanol–water partition coefficient (Wildman–Crippen LogP) is 1.00. The lowest BCUT2D eigenvalue weighted by molar-refractivity contribution is 0.00234. The van der Waals surface area contributed by atoms with Gasteiger partial charge in [-0.05, 0) is 18.2 Å². The molecule has 16 heavy (non-hydrogen) atoms. The maximum Gasteiger partial charge on any atom is 0.170 e. The molecule has 2 aliphatic heterocycles. The summed E-state index contributed by atoms with van der Waals surface area (Å²) in [5.41, 5.74) is 0.343. The smallest absolute Gasteiger partial charge is 0.170 e. The second-order valence-corrected chi connectivity index (χ2v) is 4.35. The highest BCUT2D eigenvalue weighted by molar-refractivity contribution is 6.00. The number of Topliss-reactive ketones (excluding diaryl/α,β-unsaturated/α-hetero) is 1. The van der Waals surface area contributed by atoms with Crippen LogP contribution in [0.5, 0.6) is 11.5 Å². The summed E-state index contributed by atoms with van der Waals surface area (Å²) in [6, 6.07) is 5.37. The molecule has 0 aliphatic carbocycles. The van der Waals surface area contributed by atoms with Crippen molar-refractivity contribution in [3.8, 4) is 11.5 Å². The molecule has 0 unspecified atom stereocenters. The zero-order chi connectivity index (χ0) is 11.2. The van der Waals surface area contributed by atoms with Gasteiger partial charge in [0.05, 0.1) is 19.1 Å². The zero-order valence-corrected chi connectivity index (χ0v) is 9.08. The van der Waals surface area contributed by atoms with E-state index in [1.807, 2.05) is 12.1 Å². The third-order valence-corrected chi connectivity index (χ3v) is 3.19. The summed E-state index contributed by atoms with van der Waals surface area (Å²) in [6.07, 6.45) is 0.458. The Labute approximate surface area is 93.5 Å². The molecular formula is C12H13NO3. The first-order valence-electron chi connectivity index (χ1n) is 5.33. The van der Waals surface area contributed by atoms with Gasteiger partial charge in [-0.1, -0.05) is 0 Å². The third-order valence-electron chi connectivity index (χ3n) is 3.19. The van der Waals surface area contributed by atoms with Gasteiger partial charge in [-0.15, -0.1) is 0 Å². The topological polar surface area (TPSA) is 47.6 Å². The van der Waals surface area contributed by atoms with E-state index in [0.717, 1.165) is 13.1 Å². The first kappa shape index (κ1) is 9.66. The molecule has 0 saturated carbocycles. The van der Waals surface area contributed by atoms with Crippen LogP contribution in [0.4, 0.5) is 0 Å². The Morgan fingerprint density at radius 2 is 2.25 bits per heavy atom. The molecule has 1 spiro atoms. The number of hydrogen-bond donors (Lipinski definition) is 1. The average Bonchev–Trinajstić information content (AvgIpc) is 2.26. The molecule has 2 aliphatic rings. The van der Waals surface area contributed by atoms with E-state index in [2.05, 4.69) is 5.32 Å². The lowest BCUT2D eigenvalue weighted by Gasteiger charge is -2.44. The second-order valence-electron chi connectivity index (χ2n) is 4.35. The molecule has 4 nitrogen and oxygen atoms in total. The van der Waals surface area contributed by atoms with Gasteiger partial charge in [-0.2, -0.15) is 0 Å². The molecule has 3 rings (SSSR count). The van der Waals surface area contributed by atoms with Crippen LogP contribution in [0.25, 0.3) is 0 Å². The normalized spacial score (nSPS) is 20.9. The molecular weight excluding hydrogens is 206 g/mol. The number of ketones is 1. The van der Waals surface area contributed by atoms with Crippen LogP contribution in [-0.2, 0) is 0 Å². The highest BCUT2D eigenvalue weighted by Crippen LogP contribution is 2.36. The molecule has 0 radical (unpaired) electrons. The average molecular weight is 219 g/mol. The van der Waals surface area contributed by atoms with Gasteiger partial charge in [-0.25, -0.2) is 0 Å². The van der Waals surface area contributed by atoms with Gasteiger partial charge in [0.15, 0.2) is 5.78 Å². The molecule has 1 N–H and O–H groups in total. The fourth-order valence-electron chi connectivity index (χ4n) is 2.20. The number of benzene rings is 1. The summed E-state index contributed by atoms with van der Waals surface area (Å²) in [4.78, 5) is 12.0. The van der Waals surface area contributed by atoms with Crippen LogP contribution in [0.2, 0.25) is 0 Å². The van der Waals surface area contributed by atoms with Crippen molar-refractivity contribution >= 4 is 5.78 Å². The molecule has 1 saturated heterocycles. The van der Waals surface area contributed by atoms with Crippen molar-refractivity contribution in [3.63, 3.8) is 0 Å². The molecule has 0 atom stereocenters. The number of fused-ring (bicyclic) bond motifs is 1. The Kier molecular flexibility index (Phi) is 1.94. The number of ether oxygens (including phenoxy) is 2. The van der Waals surface area contributed by atoms with Crippen LogP contribution < -0.4 is 14.8 Å². The van der Waals surface area contributed by atoms with E-state index in [1.54, 1.807) is 13.2 Å². The van der Waals surface area contributed by atoms with Crippen molar-refractivity contribution in [1.82, 2.24) is 5.32 Å². The molecule has 2 heterocycles. The van der Waals surface area contributed by atoms with Gasteiger partial charge in [0, 0.05) is 13.1 Å². The maximum absolute atomic E-state index is 12.0. The number of hydrogen-bond acceptors (Lipinski definition) is 4. The summed E-state index contributed by atoms with van der Waals surface area (Å²) in [7, 11) is 1.59. The van der Waals surface area contributed by atoms with E-state index in [9.17, 15) is 4.79 Å². The molecule has 0 bridgehead atoms. The minimum atomic E-state index is -0.293. The second kappa shape index (κ2) is 3.22. The van der Waals surface area contributed by atoms with Crippen LogP contribution in [0.1, 0.15) is 16.8 Å². The van der Waals surface area contributed by atoms with Gasteiger partial charge in [0.2, 0.25) is 0 Å². The summed E-state index contributed by atoms with van der Waals surface area (Å²) in [5, 5.41) is 3.14. The fraction of sp³-hybridized carbons (Fsp3) is 0.417. The van der Waals surface area contributed by atoms with Gasteiger partial charge in [-0.3, -0.25) is 4.79 Å². The van der Waals surface area contributed by atoms with Crippen molar-refractivity contribution in [1.29, 1.82) is 0 Å². The highest BCUT2D eigenvalue weighted by atomic mass is 16.5. The number of nitrogens with one attached hydrogen (secondary N) is 1. The first-order chi connectivity index (χ1) is 7.72. The van der Waals surface area contributed by atoms with E-state index in [4.69, 9.17) is 9.47 Å². The maximum atomic E-state index is 12.0. The molecule has 1 fully saturated rings. The first-order valence-corrected chi connectivity index (χ1v) is 5.33. The SMILES string of the molecule is COc1ccc2c(c1)C(=O)CC1(CNC1)O2. The summed E-state index contributed by atoms with van der Waals surface area (Å²) in [6.45, 7) is 1.51. The number of carbonyl (C=O) groups excluding carboxylic acids is 1. The van der Waals surface area contributed by atoms with Gasteiger partial charge in [0.1, 0.15) is 17.1 Å². The molecule has 1 aromatic carbocycles. The van der Waals surface area contributed by atoms with Crippen LogP contribution in [0.3, 0.4) is 0 Å². The predicted molar refractivity (Wildman–Crippen MR) is 58.2 cm³/mol. The minimum Gasteiger partial charge on any atom is -0.497 e. The van der Waals surface area contributed by atoms with E-state index < -0.39 is 0 Å². The molecule has 0 aromatic heterocycles. The number of methoxy groups -OCH3 is 1. The summed E-state index contributed by atoms with van der Waals surface area (Å²) in [5.74, 6) is 1.51. The molecule has 0 amide bonds. The Morgan fingerprint density at radius 1 is 1.44 bits per heavy atom. The van der Waals surface area contributed by atoms with Crippen molar-refractivity contribution in [3.05, 3.63) is 23.8 Å². The van der Waals surface area contributed by atoms with Gasteiger partial charge in [0.25, 0.3) is 0 Å². The highest BCUT2D eigenvalue weighted by Gasteiger charge is 2.45.